The van der Waals surface area contributed by atoms with Gasteiger partial charge in [-0.25, -0.2) is 8.42 Å². The summed E-state index contributed by atoms with van der Waals surface area (Å²) in [5.41, 5.74) is 0.560. The number of likely N-dealkylation sites (N-methyl/N-ethyl adjacent to an activating group) is 1. The Kier molecular flexibility index (Phi) is 8.09. The molecule has 0 saturated carbocycles. The number of sulfonamides is 1. The lowest BCUT2D eigenvalue weighted by Crippen LogP contribution is -2.34. The SMILES string of the molecule is CN1CCCN(C(=O)c2ccc(S(=O)(=O)N3CCCCCC3)cc2)CC1.Cl. The number of carbonyl (C=O) groups excluding carboxylic acids is 1. The first-order chi connectivity index (χ1) is 12.5. The van der Waals surface area contributed by atoms with Crippen molar-refractivity contribution in [3.05, 3.63) is 29.8 Å². The number of halogens is 1. The number of carbonyl (C=O) groups is 1. The van der Waals surface area contributed by atoms with Crippen LogP contribution in [-0.2, 0) is 10.0 Å². The van der Waals surface area contributed by atoms with E-state index in [4.69, 9.17) is 0 Å². The summed E-state index contributed by atoms with van der Waals surface area (Å²) in [5.74, 6) is -0.0148. The van der Waals surface area contributed by atoms with E-state index < -0.39 is 10.0 Å². The maximum Gasteiger partial charge on any atom is 0.253 e. The molecule has 1 amide bonds. The predicted molar refractivity (Wildman–Crippen MR) is 109 cm³/mol. The lowest BCUT2D eigenvalue weighted by Gasteiger charge is -2.22. The average molecular weight is 416 g/mol. The largest absolute Gasteiger partial charge is 0.337 e. The van der Waals surface area contributed by atoms with E-state index in [1.807, 2.05) is 4.90 Å². The van der Waals surface area contributed by atoms with E-state index in [1.165, 1.54) is 0 Å². The summed E-state index contributed by atoms with van der Waals surface area (Å²) >= 11 is 0. The second-order valence-electron chi connectivity index (χ2n) is 7.29. The fraction of sp³-hybridized carbons (Fsp3) is 0.632. The van der Waals surface area contributed by atoms with Crippen LogP contribution in [0, 0.1) is 0 Å². The molecule has 2 fully saturated rings. The topological polar surface area (TPSA) is 60.9 Å². The molecule has 0 atom stereocenters. The molecule has 2 heterocycles. The molecule has 1 aromatic rings. The maximum absolute atomic E-state index is 12.8. The molecule has 8 heteroatoms. The molecule has 2 aliphatic rings. The molecule has 0 unspecified atom stereocenters. The minimum atomic E-state index is -3.46. The van der Waals surface area contributed by atoms with Crippen LogP contribution in [0.15, 0.2) is 29.2 Å². The minimum Gasteiger partial charge on any atom is -0.337 e. The van der Waals surface area contributed by atoms with Crippen LogP contribution in [0.2, 0.25) is 0 Å². The molecule has 152 valence electrons. The van der Waals surface area contributed by atoms with Gasteiger partial charge >= 0.3 is 0 Å². The van der Waals surface area contributed by atoms with E-state index in [1.54, 1.807) is 28.6 Å². The van der Waals surface area contributed by atoms with Crippen molar-refractivity contribution in [1.82, 2.24) is 14.1 Å². The first kappa shape index (κ1) is 22.1. The van der Waals surface area contributed by atoms with Crippen molar-refractivity contribution in [1.29, 1.82) is 0 Å². The number of benzene rings is 1. The van der Waals surface area contributed by atoms with Gasteiger partial charge in [0, 0.05) is 38.3 Å². The molecule has 2 aliphatic heterocycles. The second kappa shape index (κ2) is 9.87. The molecule has 0 radical (unpaired) electrons. The zero-order chi connectivity index (χ0) is 18.6. The van der Waals surface area contributed by atoms with Gasteiger partial charge in [-0.1, -0.05) is 12.8 Å². The predicted octanol–water partition coefficient (Wildman–Crippen LogP) is 2.45. The Morgan fingerprint density at radius 2 is 1.44 bits per heavy atom. The molecule has 2 saturated heterocycles. The third-order valence-electron chi connectivity index (χ3n) is 5.31. The van der Waals surface area contributed by atoms with Crippen LogP contribution in [0.4, 0.5) is 0 Å². The Morgan fingerprint density at radius 3 is 2.07 bits per heavy atom. The molecule has 27 heavy (non-hydrogen) atoms. The highest BCUT2D eigenvalue weighted by atomic mass is 35.5. The van der Waals surface area contributed by atoms with Crippen molar-refractivity contribution in [3.8, 4) is 0 Å². The normalized spacial score (nSPS) is 20.4. The first-order valence-corrected chi connectivity index (χ1v) is 11.0. The van der Waals surface area contributed by atoms with Gasteiger partial charge in [-0.05, 0) is 57.1 Å². The van der Waals surface area contributed by atoms with Crippen LogP contribution in [0.3, 0.4) is 0 Å². The summed E-state index contributed by atoms with van der Waals surface area (Å²) in [4.78, 5) is 17.1. The molecular formula is C19H30ClN3O3S. The standard InChI is InChI=1S/C19H29N3O3S.ClH/c1-20-11-6-12-21(16-15-20)19(23)17-7-9-18(10-8-17)26(24,25)22-13-4-2-3-5-14-22;/h7-10H,2-6,11-16H2,1H3;1H. The van der Waals surface area contributed by atoms with Crippen LogP contribution in [-0.4, -0.2) is 74.7 Å². The van der Waals surface area contributed by atoms with Gasteiger partial charge in [0.15, 0.2) is 0 Å². The highest BCUT2D eigenvalue weighted by Crippen LogP contribution is 2.21. The Labute approximate surface area is 169 Å². The fourth-order valence-corrected chi connectivity index (χ4v) is 5.15. The Bertz CT molecular complexity index is 716. The number of rotatable bonds is 3. The van der Waals surface area contributed by atoms with Gasteiger partial charge < -0.3 is 9.80 Å². The number of hydrogen-bond acceptors (Lipinski definition) is 4. The highest BCUT2D eigenvalue weighted by molar-refractivity contribution is 7.89. The second-order valence-corrected chi connectivity index (χ2v) is 9.23. The van der Waals surface area contributed by atoms with Crippen LogP contribution >= 0.6 is 12.4 Å². The van der Waals surface area contributed by atoms with Crippen LogP contribution in [0.5, 0.6) is 0 Å². The van der Waals surface area contributed by atoms with Crippen molar-refractivity contribution in [2.75, 3.05) is 46.3 Å². The molecule has 6 nitrogen and oxygen atoms in total. The Morgan fingerprint density at radius 1 is 0.815 bits per heavy atom. The molecule has 3 rings (SSSR count). The van der Waals surface area contributed by atoms with E-state index >= 15 is 0 Å². The van der Waals surface area contributed by atoms with Crippen molar-refractivity contribution in [2.24, 2.45) is 0 Å². The van der Waals surface area contributed by atoms with E-state index in [-0.39, 0.29) is 23.2 Å². The summed E-state index contributed by atoms with van der Waals surface area (Å²) in [7, 11) is -1.40. The average Bonchev–Trinajstić information content (AvgIpc) is 3.04. The summed E-state index contributed by atoms with van der Waals surface area (Å²) in [5, 5.41) is 0. The summed E-state index contributed by atoms with van der Waals surface area (Å²) in [6.07, 6.45) is 4.97. The minimum absolute atomic E-state index is 0. The van der Waals surface area contributed by atoms with Crippen molar-refractivity contribution < 1.29 is 13.2 Å². The third kappa shape index (κ3) is 5.44. The number of nitrogens with zero attached hydrogens (tertiary/aromatic N) is 3. The maximum atomic E-state index is 12.8. The highest BCUT2D eigenvalue weighted by Gasteiger charge is 2.26. The van der Waals surface area contributed by atoms with Crippen molar-refractivity contribution >= 4 is 28.3 Å². The molecule has 0 bridgehead atoms. The zero-order valence-corrected chi connectivity index (χ0v) is 17.6. The lowest BCUT2D eigenvalue weighted by atomic mass is 10.2. The molecular weight excluding hydrogens is 386 g/mol. The summed E-state index contributed by atoms with van der Waals surface area (Å²) in [6.45, 7) is 4.50. The molecule has 0 N–H and O–H groups in total. The van der Waals surface area contributed by atoms with E-state index in [0.29, 0.717) is 25.2 Å². The quantitative estimate of drug-likeness (QED) is 0.760. The van der Waals surface area contributed by atoms with Crippen molar-refractivity contribution in [3.63, 3.8) is 0 Å². The van der Waals surface area contributed by atoms with Gasteiger partial charge in [-0.2, -0.15) is 4.31 Å². The van der Waals surface area contributed by atoms with Gasteiger partial charge in [0.25, 0.3) is 5.91 Å². The lowest BCUT2D eigenvalue weighted by molar-refractivity contribution is 0.0762. The Hall–Kier alpha value is -1.15. The Balaban J connectivity index is 0.00000261. The van der Waals surface area contributed by atoms with Gasteiger partial charge in [-0.15, -0.1) is 12.4 Å². The first-order valence-electron chi connectivity index (χ1n) is 9.56. The van der Waals surface area contributed by atoms with Crippen LogP contribution < -0.4 is 0 Å². The summed E-state index contributed by atoms with van der Waals surface area (Å²) in [6, 6.07) is 6.47. The van der Waals surface area contributed by atoms with Crippen LogP contribution in [0.1, 0.15) is 42.5 Å². The van der Waals surface area contributed by atoms with Gasteiger partial charge in [0.2, 0.25) is 10.0 Å². The zero-order valence-electron chi connectivity index (χ0n) is 16.0. The molecule has 0 aliphatic carbocycles. The molecule has 1 aromatic carbocycles. The van der Waals surface area contributed by atoms with E-state index in [9.17, 15) is 13.2 Å². The summed E-state index contributed by atoms with van der Waals surface area (Å²) < 4.78 is 27.2. The van der Waals surface area contributed by atoms with E-state index in [0.717, 1.165) is 51.7 Å². The molecule has 0 spiro atoms. The monoisotopic (exact) mass is 415 g/mol. The van der Waals surface area contributed by atoms with E-state index in [2.05, 4.69) is 11.9 Å². The number of amides is 1. The fourth-order valence-electron chi connectivity index (χ4n) is 3.63. The van der Waals surface area contributed by atoms with Crippen molar-refractivity contribution in [2.45, 2.75) is 37.0 Å². The third-order valence-corrected chi connectivity index (χ3v) is 7.22. The molecule has 0 aromatic heterocycles. The van der Waals surface area contributed by atoms with Gasteiger partial charge in [0.1, 0.15) is 0 Å². The smallest absolute Gasteiger partial charge is 0.253 e. The van der Waals surface area contributed by atoms with Gasteiger partial charge in [0.05, 0.1) is 4.90 Å². The van der Waals surface area contributed by atoms with Crippen LogP contribution in [0.25, 0.3) is 0 Å². The van der Waals surface area contributed by atoms with Gasteiger partial charge in [-0.3, -0.25) is 4.79 Å². The number of hydrogen-bond donors (Lipinski definition) is 0.